The van der Waals surface area contributed by atoms with Crippen LogP contribution in [-0.2, 0) is 11.3 Å². The molecule has 3 rings (SSSR count). The molecule has 1 unspecified atom stereocenters. The second kappa shape index (κ2) is 8.51. The summed E-state index contributed by atoms with van der Waals surface area (Å²) in [6, 6.07) is 10.5. The molecule has 3 aromatic rings. The predicted octanol–water partition coefficient (Wildman–Crippen LogP) is 1.63. The number of hydrogen-bond acceptors (Lipinski definition) is 5. The molecule has 8 nitrogen and oxygen atoms in total. The summed E-state index contributed by atoms with van der Waals surface area (Å²) in [5.41, 5.74) is 1.87. The van der Waals surface area contributed by atoms with E-state index >= 15 is 0 Å². The molecule has 8 heteroatoms. The summed E-state index contributed by atoms with van der Waals surface area (Å²) in [5, 5.41) is 11.1. The lowest BCUT2D eigenvalue weighted by Gasteiger charge is -2.17. The summed E-state index contributed by atoms with van der Waals surface area (Å²) in [6.07, 6.45) is 2.72. The second-order valence-corrected chi connectivity index (χ2v) is 6.45. The minimum atomic E-state index is -0.652. The summed E-state index contributed by atoms with van der Waals surface area (Å²) < 4.78 is 8.64. The number of carbonyl (C=O) groups excluding carboxylic acids is 1. The molecule has 28 heavy (non-hydrogen) atoms. The molecule has 1 N–H and O–H groups in total. The Morgan fingerprint density at radius 3 is 2.79 bits per heavy atom. The van der Waals surface area contributed by atoms with Gasteiger partial charge in [0.25, 0.3) is 11.5 Å². The van der Waals surface area contributed by atoms with Gasteiger partial charge in [0.05, 0.1) is 6.54 Å². The maximum Gasteiger partial charge on any atom is 0.266 e. The molecular weight excluding hydrogens is 358 g/mol. The van der Waals surface area contributed by atoms with E-state index in [1.54, 1.807) is 36.1 Å². The number of nitrogens with zero attached hydrogens (tertiary/aromatic N) is 4. The van der Waals surface area contributed by atoms with Gasteiger partial charge in [-0.1, -0.05) is 12.1 Å². The van der Waals surface area contributed by atoms with Crippen molar-refractivity contribution in [3.63, 3.8) is 0 Å². The number of nitrogens with one attached hydrogen (secondary N) is 1. The molecule has 1 atom stereocenters. The highest BCUT2D eigenvalue weighted by atomic mass is 16.5. The van der Waals surface area contributed by atoms with Gasteiger partial charge in [0.2, 0.25) is 0 Å². The van der Waals surface area contributed by atoms with Crippen molar-refractivity contribution in [2.45, 2.75) is 33.4 Å². The molecule has 0 aliphatic carbocycles. The quantitative estimate of drug-likeness (QED) is 0.672. The number of rotatable bonds is 7. The van der Waals surface area contributed by atoms with E-state index in [9.17, 15) is 9.59 Å². The Labute approximate surface area is 162 Å². The lowest BCUT2D eigenvalue weighted by atomic mass is 10.1. The first kappa shape index (κ1) is 19.3. The van der Waals surface area contributed by atoms with Crippen LogP contribution < -0.4 is 15.6 Å². The first-order valence-electron chi connectivity index (χ1n) is 9.04. The second-order valence-electron chi connectivity index (χ2n) is 6.45. The zero-order valence-electron chi connectivity index (χ0n) is 16.1. The Morgan fingerprint density at radius 2 is 2.04 bits per heavy atom. The van der Waals surface area contributed by atoms with E-state index in [1.807, 2.05) is 32.0 Å². The molecule has 0 aliphatic rings. The predicted molar refractivity (Wildman–Crippen MR) is 105 cm³/mol. The zero-order valence-corrected chi connectivity index (χ0v) is 16.1. The number of aromatic nitrogens is 4. The molecule has 2 heterocycles. The fourth-order valence-electron chi connectivity index (χ4n) is 2.65. The van der Waals surface area contributed by atoms with Gasteiger partial charge in [-0.2, -0.15) is 5.10 Å². The molecule has 0 spiro atoms. The van der Waals surface area contributed by atoms with Crippen LogP contribution in [0.5, 0.6) is 5.75 Å². The van der Waals surface area contributed by atoms with Gasteiger partial charge < -0.3 is 10.1 Å². The van der Waals surface area contributed by atoms with Crippen LogP contribution in [0.15, 0.2) is 53.6 Å². The fraction of sp³-hybridized carbons (Fsp3) is 0.300. The van der Waals surface area contributed by atoms with E-state index in [2.05, 4.69) is 15.5 Å². The number of hydrogen-bond donors (Lipinski definition) is 1. The van der Waals surface area contributed by atoms with Crippen LogP contribution in [0.25, 0.3) is 5.82 Å². The first-order valence-corrected chi connectivity index (χ1v) is 9.04. The molecule has 146 valence electrons. The average Bonchev–Trinajstić information content (AvgIpc) is 3.21. The molecule has 1 aromatic carbocycles. The third kappa shape index (κ3) is 4.46. The van der Waals surface area contributed by atoms with E-state index < -0.39 is 6.10 Å². The Hall–Kier alpha value is -3.42. The minimum Gasteiger partial charge on any atom is -0.481 e. The third-order valence-corrected chi connectivity index (χ3v) is 4.44. The third-order valence-electron chi connectivity index (χ3n) is 4.44. The van der Waals surface area contributed by atoms with Gasteiger partial charge in [0, 0.05) is 25.0 Å². The van der Waals surface area contributed by atoms with E-state index in [4.69, 9.17) is 4.74 Å². The molecule has 0 saturated carbocycles. The standard InChI is InChI=1S/C20H23N5O3/c1-14-6-4-7-17(15(14)2)28-16(3)20(27)21-11-13-25-19(26)9-8-18(23-25)24-12-5-10-22-24/h4-10,12,16H,11,13H2,1-3H3,(H,21,27). The largest absolute Gasteiger partial charge is 0.481 e. The summed E-state index contributed by atoms with van der Waals surface area (Å²) in [6.45, 7) is 6.15. The van der Waals surface area contributed by atoms with E-state index in [0.717, 1.165) is 11.1 Å². The molecular formula is C20H23N5O3. The maximum atomic E-state index is 12.3. The van der Waals surface area contributed by atoms with Crippen molar-refractivity contribution in [3.05, 3.63) is 70.3 Å². The average molecular weight is 381 g/mol. The first-order chi connectivity index (χ1) is 13.5. The van der Waals surface area contributed by atoms with E-state index in [0.29, 0.717) is 11.6 Å². The molecule has 0 radical (unpaired) electrons. The highest BCUT2D eigenvalue weighted by Gasteiger charge is 2.15. The number of aryl methyl sites for hydroxylation is 1. The Bertz CT molecular complexity index is 1010. The van der Waals surface area contributed by atoms with Crippen LogP contribution in [0, 0.1) is 13.8 Å². The minimum absolute atomic E-state index is 0.246. The van der Waals surface area contributed by atoms with E-state index in [1.165, 1.54) is 10.7 Å². The van der Waals surface area contributed by atoms with Gasteiger partial charge in [-0.3, -0.25) is 9.59 Å². The molecule has 1 amide bonds. The molecule has 0 fully saturated rings. The van der Waals surface area contributed by atoms with Crippen molar-refractivity contribution in [1.82, 2.24) is 24.9 Å². The molecule has 0 saturated heterocycles. The lowest BCUT2D eigenvalue weighted by molar-refractivity contribution is -0.127. The van der Waals surface area contributed by atoms with Gasteiger partial charge in [0.15, 0.2) is 11.9 Å². The highest BCUT2D eigenvalue weighted by Crippen LogP contribution is 2.21. The summed E-state index contributed by atoms with van der Waals surface area (Å²) >= 11 is 0. The van der Waals surface area contributed by atoms with Crippen molar-refractivity contribution in [2.24, 2.45) is 0 Å². The van der Waals surface area contributed by atoms with Gasteiger partial charge in [0.1, 0.15) is 5.75 Å². The van der Waals surface area contributed by atoms with Crippen LogP contribution in [0.1, 0.15) is 18.1 Å². The summed E-state index contributed by atoms with van der Waals surface area (Å²) in [4.78, 5) is 24.3. The fourth-order valence-corrected chi connectivity index (χ4v) is 2.65. The molecule has 0 bridgehead atoms. The smallest absolute Gasteiger partial charge is 0.266 e. The number of ether oxygens (including phenoxy) is 1. The van der Waals surface area contributed by atoms with Crippen LogP contribution in [0.2, 0.25) is 0 Å². The number of amides is 1. The maximum absolute atomic E-state index is 12.3. The van der Waals surface area contributed by atoms with Crippen LogP contribution in [-0.4, -0.2) is 38.1 Å². The van der Waals surface area contributed by atoms with E-state index in [-0.39, 0.29) is 24.6 Å². The normalized spacial score (nSPS) is 11.8. The van der Waals surface area contributed by atoms with Crippen molar-refractivity contribution in [1.29, 1.82) is 0 Å². The lowest BCUT2D eigenvalue weighted by Crippen LogP contribution is -2.39. The van der Waals surface area contributed by atoms with Crippen LogP contribution in [0.4, 0.5) is 0 Å². The Kier molecular flexibility index (Phi) is 5.88. The van der Waals surface area contributed by atoms with Crippen molar-refractivity contribution < 1.29 is 9.53 Å². The van der Waals surface area contributed by atoms with Gasteiger partial charge in [-0.15, -0.1) is 5.10 Å². The summed E-state index contributed by atoms with van der Waals surface area (Å²) in [7, 11) is 0. The van der Waals surface area contributed by atoms with Gasteiger partial charge >= 0.3 is 0 Å². The molecule has 0 aliphatic heterocycles. The SMILES string of the molecule is Cc1cccc(OC(C)C(=O)NCCn2nc(-n3cccn3)ccc2=O)c1C. The van der Waals surface area contributed by atoms with Crippen molar-refractivity contribution in [2.75, 3.05) is 6.54 Å². The Morgan fingerprint density at radius 1 is 1.21 bits per heavy atom. The zero-order chi connectivity index (χ0) is 20.1. The van der Waals surface area contributed by atoms with Gasteiger partial charge in [-0.05, 0) is 50.1 Å². The van der Waals surface area contributed by atoms with Crippen molar-refractivity contribution in [3.8, 4) is 11.6 Å². The number of carbonyl (C=O) groups is 1. The molecule has 2 aromatic heterocycles. The van der Waals surface area contributed by atoms with Crippen LogP contribution in [0.3, 0.4) is 0 Å². The Balaban J connectivity index is 1.57. The van der Waals surface area contributed by atoms with Crippen LogP contribution >= 0.6 is 0 Å². The topological polar surface area (TPSA) is 91.0 Å². The van der Waals surface area contributed by atoms with Gasteiger partial charge in [-0.25, -0.2) is 9.36 Å². The highest BCUT2D eigenvalue weighted by molar-refractivity contribution is 5.80. The monoisotopic (exact) mass is 381 g/mol. The van der Waals surface area contributed by atoms with Crippen molar-refractivity contribution >= 4 is 5.91 Å². The number of benzene rings is 1. The summed E-state index contributed by atoms with van der Waals surface area (Å²) in [5.74, 6) is 0.965.